The summed E-state index contributed by atoms with van der Waals surface area (Å²) in [6.45, 7) is 3.65. The Morgan fingerprint density at radius 2 is 1.96 bits per heavy atom. The molecule has 2 atom stereocenters. The second-order valence-electron chi connectivity index (χ2n) is 6.03. The van der Waals surface area contributed by atoms with Gasteiger partial charge in [-0.15, -0.1) is 0 Å². The highest BCUT2D eigenvalue weighted by molar-refractivity contribution is 7.98. The number of carbonyl (C=O) groups is 2. The lowest BCUT2D eigenvalue weighted by Gasteiger charge is -2.20. The van der Waals surface area contributed by atoms with Crippen LogP contribution in [0.1, 0.15) is 38.6 Å². The molecule has 0 fully saturated rings. The van der Waals surface area contributed by atoms with E-state index in [1.54, 1.807) is 24.9 Å². The van der Waals surface area contributed by atoms with Gasteiger partial charge in [-0.3, -0.25) is 9.59 Å². The molecule has 0 bridgehead atoms. The summed E-state index contributed by atoms with van der Waals surface area (Å²) < 4.78 is 0. The van der Waals surface area contributed by atoms with E-state index in [-0.39, 0.29) is 17.9 Å². The van der Waals surface area contributed by atoms with Crippen LogP contribution in [0.3, 0.4) is 0 Å². The van der Waals surface area contributed by atoms with Gasteiger partial charge in [0.15, 0.2) is 0 Å². The largest absolute Gasteiger partial charge is 0.345 e. The third-order valence-electron chi connectivity index (χ3n) is 4.03. The van der Waals surface area contributed by atoms with E-state index in [0.29, 0.717) is 18.7 Å². The Labute approximate surface area is 158 Å². The molecule has 26 heavy (non-hydrogen) atoms. The fraction of sp³-hybridized carbons (Fsp3) is 0.421. The summed E-state index contributed by atoms with van der Waals surface area (Å²) in [4.78, 5) is 31.9. The second-order valence-corrected chi connectivity index (χ2v) is 7.02. The van der Waals surface area contributed by atoms with Crippen molar-refractivity contribution in [2.24, 2.45) is 0 Å². The number of amides is 2. The number of rotatable bonds is 9. The van der Waals surface area contributed by atoms with Gasteiger partial charge < -0.3 is 15.6 Å². The van der Waals surface area contributed by atoms with Crippen LogP contribution in [0.2, 0.25) is 0 Å². The summed E-state index contributed by atoms with van der Waals surface area (Å²) in [5, 5.41) is 5.74. The minimum Gasteiger partial charge on any atom is -0.345 e. The van der Waals surface area contributed by atoms with E-state index >= 15 is 0 Å². The van der Waals surface area contributed by atoms with Gasteiger partial charge in [0, 0.05) is 6.42 Å². The smallest absolute Gasteiger partial charge is 0.243 e. The molecule has 0 aliphatic carbocycles. The number of hydrogen-bond acceptors (Lipinski definition) is 4. The van der Waals surface area contributed by atoms with E-state index in [2.05, 4.69) is 20.6 Å². The number of imidazole rings is 1. The lowest BCUT2D eigenvalue weighted by atomic mass is 10.1. The molecule has 0 saturated carbocycles. The van der Waals surface area contributed by atoms with Crippen molar-refractivity contribution >= 4 is 23.6 Å². The molecule has 1 heterocycles. The van der Waals surface area contributed by atoms with Crippen LogP contribution in [-0.4, -0.2) is 39.8 Å². The van der Waals surface area contributed by atoms with Gasteiger partial charge in [0.2, 0.25) is 11.8 Å². The molecule has 0 aliphatic heterocycles. The van der Waals surface area contributed by atoms with Crippen LogP contribution in [-0.2, 0) is 9.59 Å². The monoisotopic (exact) mass is 374 g/mol. The topological polar surface area (TPSA) is 86.9 Å². The van der Waals surface area contributed by atoms with Crippen molar-refractivity contribution in [3.05, 3.63) is 42.4 Å². The van der Waals surface area contributed by atoms with Crippen LogP contribution < -0.4 is 10.6 Å². The molecule has 0 saturated heterocycles. The molecule has 1 aromatic carbocycles. The zero-order chi connectivity index (χ0) is 18.9. The van der Waals surface area contributed by atoms with Crippen molar-refractivity contribution < 1.29 is 9.59 Å². The minimum absolute atomic E-state index is 0.122. The first-order valence-corrected chi connectivity index (χ1v) is 10.1. The highest BCUT2D eigenvalue weighted by Gasteiger charge is 2.22. The molecular weight excluding hydrogens is 348 g/mol. The molecule has 0 unspecified atom stereocenters. The Balaban J connectivity index is 2.02. The van der Waals surface area contributed by atoms with Gasteiger partial charge in [-0.1, -0.05) is 37.3 Å². The molecule has 2 rings (SSSR count). The van der Waals surface area contributed by atoms with Crippen molar-refractivity contribution in [2.45, 2.75) is 38.8 Å². The molecule has 0 spiro atoms. The van der Waals surface area contributed by atoms with E-state index in [4.69, 9.17) is 0 Å². The maximum Gasteiger partial charge on any atom is 0.243 e. The summed E-state index contributed by atoms with van der Waals surface area (Å²) >= 11 is 1.65. The zero-order valence-corrected chi connectivity index (χ0v) is 16.2. The van der Waals surface area contributed by atoms with Crippen molar-refractivity contribution in [3.8, 4) is 11.3 Å². The Hall–Kier alpha value is -2.28. The van der Waals surface area contributed by atoms with Crippen LogP contribution in [0.25, 0.3) is 11.3 Å². The normalized spacial score (nSPS) is 13.0. The van der Waals surface area contributed by atoms with Gasteiger partial charge in [0.05, 0.1) is 17.9 Å². The molecule has 2 aromatic rings. The quantitative estimate of drug-likeness (QED) is 0.630. The maximum atomic E-state index is 12.6. The fourth-order valence-electron chi connectivity index (χ4n) is 2.50. The Morgan fingerprint density at radius 3 is 2.62 bits per heavy atom. The predicted molar refractivity (Wildman–Crippen MR) is 106 cm³/mol. The molecule has 2 amide bonds. The Kier molecular flexibility index (Phi) is 7.72. The minimum atomic E-state index is -0.527. The third kappa shape index (κ3) is 5.62. The van der Waals surface area contributed by atoms with Crippen LogP contribution in [0, 0.1) is 0 Å². The molecule has 0 radical (unpaired) electrons. The highest BCUT2D eigenvalue weighted by atomic mass is 32.2. The number of carbonyl (C=O) groups excluding carboxylic acids is 2. The second kappa shape index (κ2) is 10.0. The van der Waals surface area contributed by atoms with E-state index in [1.807, 2.05) is 43.5 Å². The molecule has 7 heteroatoms. The number of thioether (sulfide) groups is 1. The van der Waals surface area contributed by atoms with Crippen molar-refractivity contribution in [1.82, 2.24) is 20.6 Å². The Morgan fingerprint density at radius 1 is 1.23 bits per heavy atom. The number of nitrogens with zero attached hydrogens (tertiary/aromatic N) is 1. The van der Waals surface area contributed by atoms with E-state index < -0.39 is 6.04 Å². The van der Waals surface area contributed by atoms with Gasteiger partial charge in [-0.25, -0.2) is 4.98 Å². The number of hydrogen-bond donors (Lipinski definition) is 3. The number of aromatic amines is 1. The predicted octanol–water partition coefficient (Wildman–Crippen LogP) is 2.90. The van der Waals surface area contributed by atoms with Gasteiger partial charge in [0.1, 0.15) is 11.9 Å². The molecule has 6 nitrogen and oxygen atoms in total. The first kappa shape index (κ1) is 20.0. The van der Waals surface area contributed by atoms with Gasteiger partial charge in [0.25, 0.3) is 0 Å². The van der Waals surface area contributed by atoms with E-state index in [9.17, 15) is 9.59 Å². The molecular formula is C19H26N4O2S. The number of aromatic nitrogens is 2. The molecule has 1 aromatic heterocycles. The standard InChI is InChI=1S/C19H26N4O2S/c1-4-17(24)22-15(10-11-26-3)19(25)21-13(2)18-20-12-16(23-18)14-8-6-5-7-9-14/h5-9,12-13,15H,4,10-11H2,1-3H3,(H,20,23)(H,21,25)(H,22,24)/t13-,15+/m1/s1. The number of nitrogens with one attached hydrogen (secondary N) is 3. The average Bonchev–Trinajstić information content (AvgIpc) is 3.15. The van der Waals surface area contributed by atoms with Crippen molar-refractivity contribution in [2.75, 3.05) is 12.0 Å². The summed E-state index contributed by atoms with van der Waals surface area (Å²) in [5.41, 5.74) is 1.94. The van der Waals surface area contributed by atoms with Gasteiger partial charge >= 0.3 is 0 Å². The zero-order valence-electron chi connectivity index (χ0n) is 15.4. The third-order valence-corrected chi connectivity index (χ3v) is 4.68. The average molecular weight is 375 g/mol. The lowest BCUT2D eigenvalue weighted by Crippen LogP contribution is -2.47. The summed E-state index contributed by atoms with van der Waals surface area (Å²) in [5.74, 6) is 1.17. The van der Waals surface area contributed by atoms with Crippen molar-refractivity contribution in [1.29, 1.82) is 0 Å². The van der Waals surface area contributed by atoms with E-state index in [1.165, 1.54) is 0 Å². The van der Waals surface area contributed by atoms with Crippen LogP contribution in [0.4, 0.5) is 0 Å². The first-order valence-electron chi connectivity index (χ1n) is 8.74. The maximum absolute atomic E-state index is 12.6. The summed E-state index contributed by atoms with van der Waals surface area (Å²) in [6, 6.07) is 9.08. The van der Waals surface area contributed by atoms with Crippen LogP contribution in [0.5, 0.6) is 0 Å². The Bertz CT molecular complexity index is 717. The molecule has 140 valence electrons. The molecule has 0 aliphatic rings. The van der Waals surface area contributed by atoms with Gasteiger partial charge in [-0.2, -0.15) is 11.8 Å². The SMILES string of the molecule is CCC(=O)N[C@@H](CCSC)C(=O)N[C@H](C)c1ncc(-c2ccccc2)[nH]1. The fourth-order valence-corrected chi connectivity index (χ4v) is 2.98. The highest BCUT2D eigenvalue weighted by Crippen LogP contribution is 2.18. The number of H-pyrrole nitrogens is 1. The summed E-state index contributed by atoms with van der Waals surface area (Å²) in [7, 11) is 0. The van der Waals surface area contributed by atoms with Crippen LogP contribution >= 0.6 is 11.8 Å². The first-order chi connectivity index (χ1) is 12.5. The van der Waals surface area contributed by atoms with Crippen molar-refractivity contribution in [3.63, 3.8) is 0 Å². The van der Waals surface area contributed by atoms with E-state index in [0.717, 1.165) is 17.0 Å². The van der Waals surface area contributed by atoms with Gasteiger partial charge in [-0.05, 0) is 30.9 Å². The molecule has 3 N–H and O–H groups in total. The number of benzene rings is 1. The lowest BCUT2D eigenvalue weighted by molar-refractivity contribution is -0.129. The summed E-state index contributed by atoms with van der Waals surface area (Å²) in [6.07, 6.45) is 4.70. The van der Waals surface area contributed by atoms with Crippen LogP contribution in [0.15, 0.2) is 36.5 Å².